The number of nitrogens with one attached hydrogen (secondary N) is 1. The van der Waals surface area contributed by atoms with E-state index in [4.69, 9.17) is 0 Å². The third kappa shape index (κ3) is 2.11. The molecule has 0 saturated heterocycles. The second-order valence-corrected chi connectivity index (χ2v) is 6.99. The van der Waals surface area contributed by atoms with Crippen molar-refractivity contribution in [2.45, 2.75) is 13.0 Å². The van der Waals surface area contributed by atoms with E-state index in [0.717, 1.165) is 10.2 Å². The van der Waals surface area contributed by atoms with Crippen LogP contribution in [0.25, 0.3) is 10.2 Å². The number of sulfone groups is 1. The molecule has 1 aliphatic heterocycles. The predicted molar refractivity (Wildman–Crippen MR) is 72.5 cm³/mol. The van der Waals surface area contributed by atoms with Gasteiger partial charge in [0.05, 0.1) is 17.2 Å². The number of anilines is 1. The van der Waals surface area contributed by atoms with Gasteiger partial charge in [-0.2, -0.15) is 0 Å². The van der Waals surface area contributed by atoms with Crippen molar-refractivity contribution in [2.75, 3.05) is 11.1 Å². The fourth-order valence-corrected chi connectivity index (χ4v) is 3.96. The summed E-state index contributed by atoms with van der Waals surface area (Å²) in [6.45, 7) is 1.82. The maximum Gasteiger partial charge on any atom is 0.173 e. The van der Waals surface area contributed by atoms with E-state index >= 15 is 0 Å². The Morgan fingerprint density at radius 2 is 2.28 bits per heavy atom. The molecule has 1 unspecified atom stereocenters. The van der Waals surface area contributed by atoms with Gasteiger partial charge in [0.1, 0.15) is 16.5 Å². The van der Waals surface area contributed by atoms with Gasteiger partial charge in [0.2, 0.25) is 0 Å². The molecule has 0 radical (unpaired) electrons. The van der Waals surface area contributed by atoms with E-state index in [-0.39, 0.29) is 11.8 Å². The minimum absolute atomic E-state index is 0.0850. The average molecular weight is 281 g/mol. The Bertz CT molecular complexity index is 734. The van der Waals surface area contributed by atoms with Gasteiger partial charge in [-0.15, -0.1) is 11.3 Å². The number of aromatic nitrogens is 2. The zero-order valence-corrected chi connectivity index (χ0v) is 11.3. The zero-order valence-electron chi connectivity index (χ0n) is 9.62. The molecule has 0 amide bonds. The largest absolute Gasteiger partial charge is 0.362 e. The molecule has 0 aromatic carbocycles. The van der Waals surface area contributed by atoms with Crippen LogP contribution in [0.15, 0.2) is 22.9 Å². The minimum Gasteiger partial charge on any atom is -0.362 e. The highest BCUT2D eigenvalue weighted by atomic mass is 32.2. The Labute approximate surface area is 108 Å². The molecule has 0 fully saturated rings. The van der Waals surface area contributed by atoms with Crippen LogP contribution >= 0.6 is 11.3 Å². The van der Waals surface area contributed by atoms with Crippen molar-refractivity contribution >= 4 is 37.2 Å². The first-order valence-corrected chi connectivity index (χ1v) is 8.02. The lowest BCUT2D eigenvalue weighted by Gasteiger charge is -2.11. The van der Waals surface area contributed by atoms with Gasteiger partial charge in [-0.1, -0.05) is 0 Å². The van der Waals surface area contributed by atoms with E-state index < -0.39 is 9.84 Å². The van der Waals surface area contributed by atoms with Gasteiger partial charge < -0.3 is 5.32 Å². The first-order chi connectivity index (χ1) is 8.53. The second-order valence-electron chi connectivity index (χ2n) is 4.17. The third-order valence-corrected chi connectivity index (χ3v) is 4.89. The average Bonchev–Trinajstić information content (AvgIpc) is 2.84. The minimum atomic E-state index is -3.05. The normalized spacial score (nSPS) is 21.5. The molecule has 2 aromatic rings. The molecule has 1 N–H and O–H groups in total. The fraction of sp³-hybridized carbons (Fsp3) is 0.273. The van der Waals surface area contributed by atoms with Gasteiger partial charge in [0, 0.05) is 5.41 Å². The molecule has 0 saturated carbocycles. The van der Waals surface area contributed by atoms with E-state index in [2.05, 4.69) is 15.3 Å². The zero-order chi connectivity index (χ0) is 12.8. The molecule has 0 bridgehead atoms. The highest BCUT2D eigenvalue weighted by molar-refractivity contribution is 7.94. The molecule has 3 heterocycles. The quantitative estimate of drug-likeness (QED) is 0.907. The summed E-state index contributed by atoms with van der Waals surface area (Å²) in [5.74, 6) is 1.46. The Hall–Kier alpha value is -1.47. The monoisotopic (exact) mass is 281 g/mol. The molecule has 94 valence electrons. The van der Waals surface area contributed by atoms with Gasteiger partial charge >= 0.3 is 0 Å². The van der Waals surface area contributed by atoms with E-state index in [0.29, 0.717) is 11.6 Å². The Morgan fingerprint density at radius 3 is 3.00 bits per heavy atom. The number of fused-ring (bicyclic) bond motifs is 1. The smallest absolute Gasteiger partial charge is 0.173 e. The Kier molecular flexibility index (Phi) is 2.60. The molecule has 0 spiro atoms. The fourth-order valence-electron chi connectivity index (χ4n) is 1.91. The molecular weight excluding hydrogens is 270 g/mol. The lowest BCUT2D eigenvalue weighted by atomic mass is 10.3. The maximum absolute atomic E-state index is 11.4. The summed E-state index contributed by atoms with van der Waals surface area (Å²) in [5, 5.41) is 7.29. The van der Waals surface area contributed by atoms with Crippen LogP contribution in [0.2, 0.25) is 0 Å². The van der Waals surface area contributed by atoms with Crippen LogP contribution in [0.3, 0.4) is 0 Å². The SMILES string of the molecule is Cc1nc(NC2C=CS(=O)(=O)C2)c2ccsc2n1. The van der Waals surface area contributed by atoms with Gasteiger partial charge in [0.15, 0.2) is 9.84 Å². The molecule has 3 rings (SSSR count). The topological polar surface area (TPSA) is 72.0 Å². The Morgan fingerprint density at radius 1 is 1.44 bits per heavy atom. The van der Waals surface area contributed by atoms with Crippen molar-refractivity contribution in [3.63, 3.8) is 0 Å². The maximum atomic E-state index is 11.4. The van der Waals surface area contributed by atoms with Crippen LogP contribution in [0.4, 0.5) is 5.82 Å². The summed E-state index contributed by atoms with van der Waals surface area (Å²) in [7, 11) is -3.05. The van der Waals surface area contributed by atoms with E-state index in [9.17, 15) is 8.42 Å². The Balaban J connectivity index is 1.96. The predicted octanol–water partition coefficient (Wildman–Crippen LogP) is 1.72. The summed E-state index contributed by atoms with van der Waals surface area (Å²) in [6, 6.07) is 1.72. The van der Waals surface area contributed by atoms with Crippen LogP contribution < -0.4 is 5.32 Å². The van der Waals surface area contributed by atoms with Crippen molar-refractivity contribution < 1.29 is 8.42 Å². The van der Waals surface area contributed by atoms with Crippen LogP contribution in [-0.4, -0.2) is 30.2 Å². The molecule has 18 heavy (non-hydrogen) atoms. The second kappa shape index (κ2) is 4.03. The summed E-state index contributed by atoms with van der Waals surface area (Å²) >= 11 is 1.55. The molecule has 1 aliphatic rings. The van der Waals surface area contributed by atoms with Gasteiger partial charge in [-0.05, 0) is 24.4 Å². The van der Waals surface area contributed by atoms with Gasteiger partial charge in [-0.25, -0.2) is 18.4 Å². The summed E-state index contributed by atoms with van der Waals surface area (Å²) in [6.07, 6.45) is 1.66. The molecule has 1 atom stereocenters. The highest BCUT2D eigenvalue weighted by Crippen LogP contribution is 2.26. The highest BCUT2D eigenvalue weighted by Gasteiger charge is 2.22. The van der Waals surface area contributed by atoms with Crippen LogP contribution in [0, 0.1) is 6.92 Å². The standard InChI is InChI=1S/C11H11N3O2S2/c1-7-12-10(9-2-4-17-11(9)13-7)14-8-3-5-18(15,16)6-8/h2-5,8H,6H2,1H3,(H,12,13,14). The first-order valence-electron chi connectivity index (χ1n) is 5.43. The molecule has 2 aromatic heterocycles. The molecular formula is C11H11N3O2S2. The van der Waals surface area contributed by atoms with Crippen molar-refractivity contribution in [1.29, 1.82) is 0 Å². The lowest BCUT2D eigenvalue weighted by Crippen LogP contribution is -2.21. The number of hydrogen-bond acceptors (Lipinski definition) is 6. The summed E-state index contributed by atoms with van der Waals surface area (Å²) in [4.78, 5) is 9.58. The number of aryl methyl sites for hydroxylation is 1. The van der Waals surface area contributed by atoms with E-state index in [1.165, 1.54) is 5.41 Å². The molecule has 0 aliphatic carbocycles. The van der Waals surface area contributed by atoms with Crippen LogP contribution in [0.1, 0.15) is 5.82 Å². The summed E-state index contributed by atoms with van der Waals surface area (Å²) in [5.41, 5.74) is 0. The number of thiophene rings is 1. The lowest BCUT2D eigenvalue weighted by molar-refractivity contribution is 0.605. The number of nitrogens with zero attached hydrogens (tertiary/aromatic N) is 2. The molecule has 5 nitrogen and oxygen atoms in total. The van der Waals surface area contributed by atoms with E-state index in [1.54, 1.807) is 17.4 Å². The third-order valence-electron chi connectivity index (χ3n) is 2.69. The van der Waals surface area contributed by atoms with Crippen molar-refractivity contribution in [3.8, 4) is 0 Å². The summed E-state index contributed by atoms with van der Waals surface area (Å²) < 4.78 is 22.7. The van der Waals surface area contributed by atoms with Crippen molar-refractivity contribution in [3.05, 3.63) is 28.8 Å². The number of rotatable bonds is 2. The van der Waals surface area contributed by atoms with Crippen molar-refractivity contribution in [2.24, 2.45) is 0 Å². The van der Waals surface area contributed by atoms with Crippen LogP contribution in [0.5, 0.6) is 0 Å². The van der Waals surface area contributed by atoms with Crippen molar-refractivity contribution in [1.82, 2.24) is 9.97 Å². The van der Waals surface area contributed by atoms with Crippen LogP contribution in [-0.2, 0) is 9.84 Å². The van der Waals surface area contributed by atoms with Gasteiger partial charge in [0.25, 0.3) is 0 Å². The first kappa shape index (κ1) is 11.6. The van der Waals surface area contributed by atoms with Gasteiger partial charge in [-0.3, -0.25) is 0 Å². The van der Waals surface area contributed by atoms with E-state index in [1.807, 2.05) is 18.4 Å². The number of hydrogen-bond donors (Lipinski definition) is 1. The molecule has 7 heteroatoms.